The minimum Gasteiger partial charge on any atom is -0.370 e. The van der Waals surface area contributed by atoms with Gasteiger partial charge in [-0.3, -0.25) is 0 Å². The van der Waals surface area contributed by atoms with Gasteiger partial charge in [0.1, 0.15) is 0 Å². The lowest BCUT2D eigenvalue weighted by atomic mass is 10.1. The number of rotatable bonds is 5. The summed E-state index contributed by atoms with van der Waals surface area (Å²) in [6.07, 6.45) is 1.74. The van der Waals surface area contributed by atoms with Crippen molar-refractivity contribution < 1.29 is 8.42 Å². The van der Waals surface area contributed by atoms with E-state index in [1.165, 1.54) is 16.8 Å². The van der Waals surface area contributed by atoms with Gasteiger partial charge in [-0.1, -0.05) is 19.1 Å². The minimum absolute atomic E-state index is 0.272. The van der Waals surface area contributed by atoms with E-state index in [-0.39, 0.29) is 5.75 Å². The molecule has 0 aromatic heterocycles. The lowest BCUT2D eigenvalue weighted by Gasteiger charge is -2.19. The van der Waals surface area contributed by atoms with Crippen molar-refractivity contribution in [3.63, 3.8) is 0 Å². The lowest BCUT2D eigenvalue weighted by molar-refractivity contribution is 0.593. The Labute approximate surface area is 110 Å². The van der Waals surface area contributed by atoms with Gasteiger partial charge in [-0.05, 0) is 37.0 Å². The van der Waals surface area contributed by atoms with Crippen molar-refractivity contribution in [3.8, 4) is 0 Å². The van der Waals surface area contributed by atoms with Gasteiger partial charge in [0.15, 0.2) is 9.84 Å². The van der Waals surface area contributed by atoms with Gasteiger partial charge in [-0.15, -0.1) is 0 Å². The topological polar surface area (TPSA) is 37.4 Å². The summed E-state index contributed by atoms with van der Waals surface area (Å²) < 4.78 is 23.5. The van der Waals surface area contributed by atoms with Crippen LogP contribution >= 0.6 is 0 Å². The maximum atomic E-state index is 11.7. The predicted octanol–water partition coefficient (Wildman–Crippen LogP) is 2.18. The highest BCUT2D eigenvalue weighted by atomic mass is 32.2. The summed E-state index contributed by atoms with van der Waals surface area (Å²) >= 11 is 0. The van der Waals surface area contributed by atoms with E-state index in [0.717, 1.165) is 13.0 Å². The molecule has 0 aliphatic carbocycles. The van der Waals surface area contributed by atoms with Gasteiger partial charge in [0, 0.05) is 24.5 Å². The van der Waals surface area contributed by atoms with E-state index in [0.29, 0.717) is 18.7 Å². The molecule has 0 spiro atoms. The fraction of sp³-hybridized carbons (Fsp3) is 0.571. The van der Waals surface area contributed by atoms with Gasteiger partial charge in [0.2, 0.25) is 0 Å². The molecule has 0 saturated heterocycles. The Morgan fingerprint density at radius 1 is 1.28 bits per heavy atom. The van der Waals surface area contributed by atoms with Gasteiger partial charge < -0.3 is 4.90 Å². The van der Waals surface area contributed by atoms with Crippen LogP contribution in [0.3, 0.4) is 0 Å². The summed E-state index contributed by atoms with van der Waals surface area (Å²) in [4.78, 5) is 2.20. The average molecular weight is 267 g/mol. The minimum atomic E-state index is -2.87. The number of fused-ring (bicyclic) bond motifs is 1. The Kier molecular flexibility index (Phi) is 3.95. The van der Waals surface area contributed by atoms with Crippen LogP contribution in [0, 0.1) is 6.92 Å². The summed E-state index contributed by atoms with van der Waals surface area (Å²) in [6.45, 7) is 5.55. The van der Waals surface area contributed by atoms with Crippen molar-refractivity contribution in [2.75, 3.05) is 29.5 Å². The summed E-state index contributed by atoms with van der Waals surface area (Å²) in [6, 6.07) is 6.44. The third-order valence-electron chi connectivity index (χ3n) is 3.42. The Morgan fingerprint density at radius 2 is 2.06 bits per heavy atom. The molecule has 1 aliphatic rings. The summed E-state index contributed by atoms with van der Waals surface area (Å²) in [7, 11) is -2.87. The fourth-order valence-corrected chi connectivity index (χ4v) is 3.77. The molecule has 0 radical (unpaired) electrons. The average Bonchev–Trinajstić information content (AvgIpc) is 2.69. The smallest absolute Gasteiger partial charge is 0.152 e. The van der Waals surface area contributed by atoms with Crippen molar-refractivity contribution in [3.05, 3.63) is 29.3 Å². The highest BCUT2D eigenvalue weighted by Gasteiger charge is 2.20. The lowest BCUT2D eigenvalue weighted by Crippen LogP contribution is -2.28. The largest absolute Gasteiger partial charge is 0.370 e. The van der Waals surface area contributed by atoms with Crippen LogP contribution in [0.4, 0.5) is 5.69 Å². The number of benzene rings is 1. The van der Waals surface area contributed by atoms with Crippen molar-refractivity contribution in [2.24, 2.45) is 0 Å². The second-order valence-electron chi connectivity index (χ2n) is 5.02. The SMILES string of the molecule is CCCS(=O)(=O)CCN1CCc2ccc(C)cc21. The van der Waals surface area contributed by atoms with Gasteiger partial charge in [-0.2, -0.15) is 0 Å². The molecular formula is C14H21NO2S. The van der Waals surface area contributed by atoms with Crippen LogP contribution in [0.1, 0.15) is 24.5 Å². The summed E-state index contributed by atoms with van der Waals surface area (Å²) in [5, 5.41) is 0. The van der Waals surface area contributed by atoms with E-state index in [1.807, 2.05) is 6.92 Å². The fourth-order valence-electron chi connectivity index (χ4n) is 2.45. The van der Waals surface area contributed by atoms with Crippen LogP contribution in [0.5, 0.6) is 0 Å². The van der Waals surface area contributed by atoms with Crippen LogP contribution in [0.15, 0.2) is 18.2 Å². The molecule has 100 valence electrons. The molecule has 2 rings (SSSR count). The molecule has 3 nitrogen and oxygen atoms in total. The van der Waals surface area contributed by atoms with Crippen LogP contribution < -0.4 is 4.90 Å². The highest BCUT2D eigenvalue weighted by Crippen LogP contribution is 2.28. The van der Waals surface area contributed by atoms with Crippen molar-refractivity contribution in [2.45, 2.75) is 26.7 Å². The first kappa shape index (κ1) is 13.4. The highest BCUT2D eigenvalue weighted by molar-refractivity contribution is 7.91. The molecule has 18 heavy (non-hydrogen) atoms. The molecule has 0 amide bonds. The van der Waals surface area contributed by atoms with Gasteiger partial charge >= 0.3 is 0 Å². The second-order valence-corrected chi connectivity index (χ2v) is 7.32. The molecule has 0 fully saturated rings. The van der Waals surface area contributed by atoms with Crippen molar-refractivity contribution >= 4 is 15.5 Å². The molecular weight excluding hydrogens is 246 g/mol. The maximum Gasteiger partial charge on any atom is 0.152 e. The van der Waals surface area contributed by atoms with E-state index >= 15 is 0 Å². The predicted molar refractivity (Wildman–Crippen MR) is 76.0 cm³/mol. The molecule has 1 aromatic rings. The maximum absolute atomic E-state index is 11.7. The Bertz CT molecular complexity index is 523. The van der Waals surface area contributed by atoms with Crippen molar-refractivity contribution in [1.29, 1.82) is 0 Å². The van der Waals surface area contributed by atoms with Crippen LogP contribution in [0.25, 0.3) is 0 Å². The second kappa shape index (κ2) is 5.31. The normalized spacial score (nSPS) is 14.9. The van der Waals surface area contributed by atoms with Gasteiger partial charge in [0.05, 0.1) is 5.75 Å². The first-order chi connectivity index (χ1) is 8.52. The first-order valence-electron chi connectivity index (χ1n) is 6.57. The van der Waals surface area contributed by atoms with E-state index in [1.54, 1.807) is 0 Å². The molecule has 0 bridgehead atoms. The number of aryl methyl sites for hydroxylation is 1. The molecule has 0 atom stereocenters. The molecule has 0 saturated carbocycles. The number of hydrogen-bond donors (Lipinski definition) is 0. The van der Waals surface area contributed by atoms with E-state index in [2.05, 4.69) is 30.0 Å². The number of anilines is 1. The summed E-state index contributed by atoms with van der Waals surface area (Å²) in [5.74, 6) is 0.579. The molecule has 1 aromatic carbocycles. The monoisotopic (exact) mass is 267 g/mol. The number of hydrogen-bond acceptors (Lipinski definition) is 3. The van der Waals surface area contributed by atoms with Crippen LogP contribution in [0.2, 0.25) is 0 Å². The van der Waals surface area contributed by atoms with Crippen LogP contribution in [-0.4, -0.2) is 33.0 Å². The van der Waals surface area contributed by atoms with Gasteiger partial charge in [-0.25, -0.2) is 8.42 Å². The third kappa shape index (κ3) is 3.05. The Morgan fingerprint density at radius 3 is 2.78 bits per heavy atom. The van der Waals surface area contributed by atoms with E-state index < -0.39 is 9.84 Å². The zero-order chi connectivity index (χ0) is 13.2. The number of nitrogens with zero attached hydrogens (tertiary/aromatic N) is 1. The quantitative estimate of drug-likeness (QED) is 0.820. The van der Waals surface area contributed by atoms with Crippen LogP contribution in [-0.2, 0) is 16.3 Å². The zero-order valence-corrected chi connectivity index (χ0v) is 12.0. The molecule has 0 N–H and O–H groups in total. The van der Waals surface area contributed by atoms with Crippen molar-refractivity contribution in [1.82, 2.24) is 0 Å². The molecule has 0 unspecified atom stereocenters. The Balaban J connectivity index is 2.04. The summed E-state index contributed by atoms with van der Waals surface area (Å²) in [5.41, 5.74) is 3.80. The molecule has 4 heteroatoms. The molecule has 1 aliphatic heterocycles. The zero-order valence-electron chi connectivity index (χ0n) is 11.1. The first-order valence-corrected chi connectivity index (χ1v) is 8.39. The molecule has 1 heterocycles. The third-order valence-corrected chi connectivity index (χ3v) is 5.25. The van der Waals surface area contributed by atoms with E-state index in [9.17, 15) is 8.42 Å². The standard InChI is InChI=1S/C14H21NO2S/c1-3-9-18(16,17)10-8-15-7-6-13-5-4-12(2)11-14(13)15/h4-5,11H,3,6-10H2,1-2H3. The Hall–Kier alpha value is -1.03. The van der Waals surface area contributed by atoms with E-state index in [4.69, 9.17) is 0 Å². The van der Waals surface area contributed by atoms with Gasteiger partial charge in [0.25, 0.3) is 0 Å². The number of sulfone groups is 1.